The summed E-state index contributed by atoms with van der Waals surface area (Å²) in [6.45, 7) is 0. The molecule has 0 aliphatic carbocycles. The topological polar surface area (TPSA) is 69.4 Å². The standard InChI is InChI=1S/C15H10N6S/c1-4-12(20-14(5-1)21-18-7-8-19-21)13-10-17-15(22-13)11-3-2-6-16-9-11/h1-10H. The Labute approximate surface area is 130 Å². The van der Waals surface area contributed by atoms with Crippen molar-refractivity contribution in [2.75, 3.05) is 0 Å². The molecule has 0 N–H and O–H groups in total. The Bertz CT molecular complexity index is 885. The smallest absolute Gasteiger partial charge is 0.174 e. The zero-order chi connectivity index (χ0) is 14.8. The van der Waals surface area contributed by atoms with Gasteiger partial charge in [0.05, 0.1) is 23.0 Å². The van der Waals surface area contributed by atoms with Gasteiger partial charge in [-0.1, -0.05) is 6.07 Å². The Morgan fingerprint density at radius 1 is 0.909 bits per heavy atom. The Kier molecular flexibility index (Phi) is 3.17. The van der Waals surface area contributed by atoms with E-state index in [2.05, 4.69) is 25.1 Å². The van der Waals surface area contributed by atoms with Crippen LogP contribution in [0.2, 0.25) is 0 Å². The Balaban J connectivity index is 1.71. The molecule has 6 nitrogen and oxygen atoms in total. The van der Waals surface area contributed by atoms with Gasteiger partial charge >= 0.3 is 0 Å². The predicted molar refractivity (Wildman–Crippen MR) is 83.5 cm³/mol. The van der Waals surface area contributed by atoms with Crippen LogP contribution in [-0.2, 0) is 0 Å². The molecule has 106 valence electrons. The van der Waals surface area contributed by atoms with Crippen LogP contribution < -0.4 is 0 Å². The summed E-state index contributed by atoms with van der Waals surface area (Å²) in [4.78, 5) is 15.6. The summed E-state index contributed by atoms with van der Waals surface area (Å²) < 4.78 is 0. The van der Waals surface area contributed by atoms with Crippen molar-refractivity contribution in [3.05, 3.63) is 61.3 Å². The number of pyridine rings is 2. The third-order valence-corrected chi connectivity index (χ3v) is 4.09. The van der Waals surface area contributed by atoms with Crippen molar-refractivity contribution in [3.63, 3.8) is 0 Å². The normalized spacial score (nSPS) is 10.7. The van der Waals surface area contributed by atoms with Gasteiger partial charge in [-0.15, -0.1) is 16.1 Å². The van der Waals surface area contributed by atoms with Gasteiger partial charge in [0.25, 0.3) is 0 Å². The highest BCUT2D eigenvalue weighted by Crippen LogP contribution is 2.30. The highest BCUT2D eigenvalue weighted by atomic mass is 32.1. The summed E-state index contributed by atoms with van der Waals surface area (Å²) in [6.07, 6.45) is 8.64. The monoisotopic (exact) mass is 306 g/mol. The number of aromatic nitrogens is 6. The van der Waals surface area contributed by atoms with Gasteiger partial charge in [0, 0.05) is 24.2 Å². The minimum absolute atomic E-state index is 0.679. The van der Waals surface area contributed by atoms with Crippen molar-refractivity contribution >= 4 is 11.3 Å². The van der Waals surface area contributed by atoms with Crippen LogP contribution in [-0.4, -0.2) is 29.9 Å². The lowest BCUT2D eigenvalue weighted by atomic mass is 10.3. The lowest BCUT2D eigenvalue weighted by molar-refractivity contribution is 0.730. The molecule has 0 aliphatic rings. The van der Waals surface area contributed by atoms with Crippen molar-refractivity contribution in [2.45, 2.75) is 0 Å². The second-order valence-corrected chi connectivity index (χ2v) is 5.50. The minimum atomic E-state index is 0.679. The fourth-order valence-electron chi connectivity index (χ4n) is 2.02. The molecule has 0 aliphatic heterocycles. The average Bonchev–Trinajstić information content (AvgIpc) is 3.28. The van der Waals surface area contributed by atoms with E-state index in [1.165, 1.54) is 4.80 Å². The van der Waals surface area contributed by atoms with Gasteiger partial charge in [-0.25, -0.2) is 9.97 Å². The molecule has 0 atom stereocenters. The van der Waals surface area contributed by atoms with Crippen LogP contribution >= 0.6 is 11.3 Å². The zero-order valence-electron chi connectivity index (χ0n) is 11.4. The summed E-state index contributed by atoms with van der Waals surface area (Å²) in [7, 11) is 0. The molecule has 0 saturated carbocycles. The molecule has 0 saturated heterocycles. The molecule has 0 unspecified atom stereocenters. The number of hydrogen-bond acceptors (Lipinski definition) is 6. The van der Waals surface area contributed by atoms with Crippen molar-refractivity contribution in [1.82, 2.24) is 29.9 Å². The van der Waals surface area contributed by atoms with Gasteiger partial charge in [0.15, 0.2) is 5.82 Å². The van der Waals surface area contributed by atoms with E-state index < -0.39 is 0 Å². The summed E-state index contributed by atoms with van der Waals surface area (Å²) >= 11 is 1.58. The van der Waals surface area contributed by atoms with Gasteiger partial charge < -0.3 is 0 Å². The van der Waals surface area contributed by atoms with E-state index in [1.807, 2.05) is 36.5 Å². The second kappa shape index (κ2) is 5.45. The van der Waals surface area contributed by atoms with E-state index in [0.717, 1.165) is 21.1 Å². The highest BCUT2D eigenvalue weighted by molar-refractivity contribution is 7.18. The number of thiazole rings is 1. The number of nitrogens with zero attached hydrogens (tertiary/aromatic N) is 6. The van der Waals surface area contributed by atoms with E-state index in [9.17, 15) is 0 Å². The Morgan fingerprint density at radius 3 is 2.64 bits per heavy atom. The largest absolute Gasteiger partial charge is 0.264 e. The molecule has 4 aromatic heterocycles. The lowest BCUT2D eigenvalue weighted by Gasteiger charge is -2.01. The molecule has 0 aromatic carbocycles. The van der Waals surface area contributed by atoms with Crippen molar-refractivity contribution in [2.24, 2.45) is 0 Å². The van der Waals surface area contributed by atoms with Crippen LogP contribution in [0.5, 0.6) is 0 Å². The Hall–Kier alpha value is -2.93. The second-order valence-electron chi connectivity index (χ2n) is 4.47. The highest BCUT2D eigenvalue weighted by Gasteiger charge is 2.09. The van der Waals surface area contributed by atoms with Crippen LogP contribution in [0, 0.1) is 0 Å². The van der Waals surface area contributed by atoms with E-state index >= 15 is 0 Å². The van der Waals surface area contributed by atoms with Crippen LogP contribution in [0.15, 0.2) is 61.3 Å². The molecule has 0 bridgehead atoms. The van der Waals surface area contributed by atoms with Gasteiger partial charge in [0.2, 0.25) is 0 Å². The molecular weight excluding hydrogens is 296 g/mol. The van der Waals surface area contributed by atoms with Crippen LogP contribution in [0.4, 0.5) is 0 Å². The molecule has 0 spiro atoms. The molecule has 4 aromatic rings. The van der Waals surface area contributed by atoms with Gasteiger partial charge in [-0.2, -0.15) is 10.2 Å². The first kappa shape index (κ1) is 12.8. The van der Waals surface area contributed by atoms with E-state index in [-0.39, 0.29) is 0 Å². The Morgan fingerprint density at radius 2 is 1.82 bits per heavy atom. The molecule has 4 rings (SSSR count). The third-order valence-electron chi connectivity index (χ3n) is 3.02. The average molecular weight is 306 g/mol. The predicted octanol–water partition coefficient (Wildman–Crippen LogP) is 2.85. The number of rotatable bonds is 3. The minimum Gasteiger partial charge on any atom is -0.264 e. The molecule has 7 heteroatoms. The molecule has 0 radical (unpaired) electrons. The van der Waals surface area contributed by atoms with E-state index in [0.29, 0.717) is 5.82 Å². The molecule has 4 heterocycles. The fraction of sp³-hybridized carbons (Fsp3) is 0. The van der Waals surface area contributed by atoms with Crippen LogP contribution in [0.25, 0.3) is 27.0 Å². The molecular formula is C15H10N6S. The quantitative estimate of drug-likeness (QED) is 0.582. The summed E-state index contributed by atoms with van der Waals surface area (Å²) in [6, 6.07) is 9.65. The van der Waals surface area contributed by atoms with Crippen LogP contribution in [0.3, 0.4) is 0 Å². The summed E-state index contributed by atoms with van der Waals surface area (Å²) in [5.41, 5.74) is 1.85. The third kappa shape index (κ3) is 2.38. The molecule has 0 fully saturated rings. The summed E-state index contributed by atoms with van der Waals surface area (Å²) in [5, 5.41) is 9.12. The van der Waals surface area contributed by atoms with Gasteiger partial charge in [0.1, 0.15) is 5.01 Å². The maximum absolute atomic E-state index is 4.59. The first-order chi connectivity index (χ1) is 10.9. The van der Waals surface area contributed by atoms with Crippen LogP contribution in [0.1, 0.15) is 0 Å². The van der Waals surface area contributed by atoms with E-state index in [1.54, 1.807) is 36.1 Å². The number of hydrogen-bond donors (Lipinski definition) is 0. The first-order valence-electron chi connectivity index (χ1n) is 6.60. The maximum atomic E-state index is 4.59. The van der Waals surface area contributed by atoms with Crippen molar-refractivity contribution < 1.29 is 0 Å². The SMILES string of the molecule is c1cncc(-c2ncc(-c3cccc(-n4nccn4)n3)s2)c1. The van der Waals surface area contributed by atoms with E-state index in [4.69, 9.17) is 0 Å². The molecule has 22 heavy (non-hydrogen) atoms. The lowest BCUT2D eigenvalue weighted by Crippen LogP contribution is -2.01. The maximum Gasteiger partial charge on any atom is 0.174 e. The zero-order valence-corrected chi connectivity index (χ0v) is 12.2. The van der Waals surface area contributed by atoms with Gasteiger partial charge in [-0.3, -0.25) is 4.98 Å². The van der Waals surface area contributed by atoms with Crippen molar-refractivity contribution in [1.29, 1.82) is 0 Å². The first-order valence-corrected chi connectivity index (χ1v) is 7.42. The van der Waals surface area contributed by atoms with Gasteiger partial charge in [-0.05, 0) is 24.3 Å². The fourth-order valence-corrected chi connectivity index (χ4v) is 2.90. The summed E-state index contributed by atoms with van der Waals surface area (Å²) in [5.74, 6) is 0.679. The van der Waals surface area contributed by atoms with Crippen molar-refractivity contribution in [3.8, 4) is 27.0 Å². The molecule has 0 amide bonds.